The van der Waals surface area contributed by atoms with Crippen molar-refractivity contribution in [3.63, 3.8) is 0 Å². The summed E-state index contributed by atoms with van der Waals surface area (Å²) >= 11 is 0. The molecule has 0 saturated carbocycles. The fourth-order valence-electron chi connectivity index (χ4n) is 1.00. The molecule has 0 bridgehead atoms. The quantitative estimate of drug-likeness (QED) is 0.505. The van der Waals surface area contributed by atoms with Crippen LogP contribution in [0.1, 0.15) is 31.9 Å². The van der Waals surface area contributed by atoms with Crippen LogP contribution in [0.4, 0.5) is 0 Å². The molecule has 0 saturated heterocycles. The first-order valence-corrected chi connectivity index (χ1v) is 3.92. The fourth-order valence-corrected chi connectivity index (χ4v) is 1.00. The fraction of sp³-hybridized carbons (Fsp3) is 0.364. The molecule has 61 valence electrons. The van der Waals surface area contributed by atoms with Crippen LogP contribution in [-0.2, 0) is 5.41 Å². The van der Waals surface area contributed by atoms with Crippen LogP contribution < -0.4 is 0 Å². The van der Waals surface area contributed by atoms with Crippen molar-refractivity contribution < 1.29 is 0 Å². The average molecular weight is 155 g/mol. The Bertz CT molecular complexity index is 228. The molecule has 0 aromatic heterocycles. The second-order valence-corrected chi connectivity index (χ2v) is 3.95. The number of rotatable bonds is 0. The van der Waals surface area contributed by atoms with E-state index in [0.717, 1.165) is 5.56 Å². The summed E-state index contributed by atoms with van der Waals surface area (Å²) < 4.78 is 0. The van der Waals surface area contributed by atoms with Gasteiger partial charge in [-0.2, -0.15) is 0 Å². The molecule has 0 nitrogen and oxygen atoms in total. The number of benzene rings is 1. The van der Waals surface area contributed by atoms with Crippen LogP contribution in [-0.4, -0.2) is 18.9 Å². The zero-order chi connectivity index (χ0) is 8.48. The van der Waals surface area contributed by atoms with E-state index in [1.807, 2.05) is 0 Å². The van der Waals surface area contributed by atoms with Crippen LogP contribution in [0.25, 0.3) is 0 Å². The average Bonchev–Trinajstić information content (AvgIpc) is 1.86. The summed E-state index contributed by atoms with van der Waals surface area (Å²) in [7, 11) is 0. The van der Waals surface area contributed by atoms with Gasteiger partial charge in [0.2, 0.25) is 0 Å². The van der Waals surface area contributed by atoms with Crippen LogP contribution in [0.2, 0.25) is 0 Å². The summed E-state index contributed by atoms with van der Waals surface area (Å²) in [5.41, 5.74) is 2.70. The standard InChI is InChI=1S/C11H15.Li.H/c1-9-5-7-10(8-6-9)11(2,3)4;;/h5-8H,1H2,2-4H3;;. The Hall–Kier alpha value is -0.183. The Morgan fingerprint density at radius 3 is 1.75 bits per heavy atom. The van der Waals surface area contributed by atoms with Crippen molar-refractivity contribution in [2.24, 2.45) is 0 Å². The predicted molar refractivity (Wildman–Crippen MR) is 56.8 cm³/mol. The molecule has 12 heavy (non-hydrogen) atoms. The summed E-state index contributed by atoms with van der Waals surface area (Å²) in [5, 5.41) is 0. The van der Waals surface area contributed by atoms with E-state index in [9.17, 15) is 0 Å². The molecule has 0 aliphatic rings. The molecule has 0 atom stereocenters. The second kappa shape index (κ2) is 4.17. The molecule has 0 spiro atoms. The normalized spacial score (nSPS) is 10.7. The van der Waals surface area contributed by atoms with Crippen LogP contribution in [0.3, 0.4) is 0 Å². The van der Waals surface area contributed by atoms with Gasteiger partial charge in [-0.25, -0.2) is 0 Å². The van der Waals surface area contributed by atoms with Crippen molar-refractivity contribution in [1.82, 2.24) is 0 Å². The zero-order valence-electron chi connectivity index (χ0n) is 7.52. The maximum absolute atomic E-state index is 3.84. The summed E-state index contributed by atoms with van der Waals surface area (Å²) in [4.78, 5) is 0. The van der Waals surface area contributed by atoms with E-state index in [-0.39, 0.29) is 24.3 Å². The molecular weight excluding hydrogens is 139 g/mol. The molecule has 1 aromatic rings. The number of hydrogen-bond acceptors (Lipinski definition) is 0. The Morgan fingerprint density at radius 1 is 1.00 bits per heavy atom. The molecule has 0 N–H and O–H groups in total. The molecule has 0 unspecified atom stereocenters. The maximum atomic E-state index is 3.84. The molecule has 0 fully saturated rings. The third-order valence-electron chi connectivity index (χ3n) is 1.82. The molecule has 1 radical (unpaired) electrons. The van der Waals surface area contributed by atoms with E-state index < -0.39 is 0 Å². The summed E-state index contributed by atoms with van der Waals surface area (Å²) in [6.07, 6.45) is 0. The van der Waals surface area contributed by atoms with Gasteiger partial charge in [0.1, 0.15) is 0 Å². The van der Waals surface area contributed by atoms with Crippen LogP contribution in [0.5, 0.6) is 0 Å². The van der Waals surface area contributed by atoms with Gasteiger partial charge < -0.3 is 0 Å². The van der Waals surface area contributed by atoms with Crippen molar-refractivity contribution in [3.8, 4) is 0 Å². The molecule has 0 heterocycles. The molecular formula is C11H16Li. The monoisotopic (exact) mass is 155 g/mol. The van der Waals surface area contributed by atoms with E-state index in [2.05, 4.69) is 52.0 Å². The summed E-state index contributed by atoms with van der Waals surface area (Å²) in [6, 6.07) is 8.39. The van der Waals surface area contributed by atoms with Gasteiger partial charge >= 0.3 is 18.9 Å². The molecule has 0 amide bonds. The van der Waals surface area contributed by atoms with Crippen molar-refractivity contribution in [2.75, 3.05) is 0 Å². The first kappa shape index (κ1) is 11.8. The van der Waals surface area contributed by atoms with Crippen molar-refractivity contribution in [1.29, 1.82) is 0 Å². The molecule has 1 heteroatoms. The van der Waals surface area contributed by atoms with Gasteiger partial charge in [-0.05, 0) is 23.5 Å². The second-order valence-electron chi connectivity index (χ2n) is 3.95. The van der Waals surface area contributed by atoms with Gasteiger partial charge in [-0.3, -0.25) is 0 Å². The van der Waals surface area contributed by atoms with Crippen molar-refractivity contribution >= 4 is 18.9 Å². The zero-order valence-corrected chi connectivity index (χ0v) is 7.52. The van der Waals surface area contributed by atoms with E-state index in [4.69, 9.17) is 0 Å². The van der Waals surface area contributed by atoms with Crippen LogP contribution in [0, 0.1) is 6.92 Å². The summed E-state index contributed by atoms with van der Waals surface area (Å²) in [6.45, 7) is 10.5. The Balaban J connectivity index is 0.00000121. The van der Waals surface area contributed by atoms with E-state index in [1.165, 1.54) is 5.56 Å². The van der Waals surface area contributed by atoms with E-state index >= 15 is 0 Å². The first-order chi connectivity index (χ1) is 5.00. The Labute approximate surface area is 87.6 Å². The first-order valence-electron chi connectivity index (χ1n) is 3.92. The third kappa shape index (κ3) is 3.05. The number of hydrogen-bond donors (Lipinski definition) is 0. The van der Waals surface area contributed by atoms with Gasteiger partial charge in [0, 0.05) is 0 Å². The van der Waals surface area contributed by atoms with E-state index in [1.54, 1.807) is 0 Å². The van der Waals surface area contributed by atoms with Gasteiger partial charge in [-0.1, -0.05) is 45.0 Å². The van der Waals surface area contributed by atoms with Gasteiger partial charge in [0.25, 0.3) is 0 Å². The van der Waals surface area contributed by atoms with Gasteiger partial charge in [0.05, 0.1) is 0 Å². The predicted octanol–water partition coefficient (Wildman–Crippen LogP) is 2.52. The van der Waals surface area contributed by atoms with Crippen molar-refractivity contribution in [3.05, 3.63) is 42.3 Å². The topological polar surface area (TPSA) is 0 Å². The Morgan fingerprint density at radius 2 is 1.42 bits per heavy atom. The minimum atomic E-state index is 0. The summed E-state index contributed by atoms with van der Waals surface area (Å²) in [5.74, 6) is 0. The van der Waals surface area contributed by atoms with E-state index in [0.29, 0.717) is 0 Å². The molecule has 1 aromatic carbocycles. The minimum absolute atomic E-state index is 0. The SMILES string of the molecule is [CH2]c1ccc(C(C)(C)C)cc1.[LiH]. The molecule has 0 aliphatic carbocycles. The Kier molecular flexibility index (Phi) is 4.10. The van der Waals surface area contributed by atoms with Crippen LogP contribution >= 0.6 is 0 Å². The van der Waals surface area contributed by atoms with Gasteiger partial charge in [0.15, 0.2) is 0 Å². The van der Waals surface area contributed by atoms with Crippen LogP contribution in [0.15, 0.2) is 24.3 Å². The molecule has 0 aliphatic heterocycles. The van der Waals surface area contributed by atoms with Gasteiger partial charge in [-0.15, -0.1) is 0 Å². The third-order valence-corrected chi connectivity index (χ3v) is 1.82. The molecule has 1 rings (SSSR count). The van der Waals surface area contributed by atoms with Crippen molar-refractivity contribution in [2.45, 2.75) is 26.2 Å².